The van der Waals surface area contributed by atoms with Crippen molar-refractivity contribution in [2.24, 2.45) is 11.8 Å². The number of hydrogen-bond acceptors (Lipinski definition) is 4. The van der Waals surface area contributed by atoms with Crippen LogP contribution >= 0.6 is 0 Å². The van der Waals surface area contributed by atoms with Gasteiger partial charge in [0.25, 0.3) is 0 Å². The van der Waals surface area contributed by atoms with Crippen molar-refractivity contribution in [2.75, 3.05) is 31.1 Å². The number of hydrogen-bond donors (Lipinski definition) is 1. The minimum absolute atomic E-state index is 0.790. The molecule has 4 nitrogen and oxygen atoms in total. The summed E-state index contributed by atoms with van der Waals surface area (Å²) in [6.07, 6.45) is 3.71. The van der Waals surface area contributed by atoms with Crippen LogP contribution in [0.25, 0.3) is 10.9 Å². The standard InChI is InChI=1S/C14H16N4/c1-2-12-13(16-4-1)3-5-17-14(12)18-8-10-6-15-7-11(10)9-18/h1-5,10-11,15H,6-9H2. The second-order valence-electron chi connectivity index (χ2n) is 5.29. The van der Waals surface area contributed by atoms with Gasteiger partial charge in [-0.05, 0) is 30.0 Å². The number of pyridine rings is 2. The Bertz CT molecular complexity index is 566. The highest BCUT2D eigenvalue weighted by Gasteiger charge is 2.36. The summed E-state index contributed by atoms with van der Waals surface area (Å²) in [5, 5.41) is 4.65. The van der Waals surface area contributed by atoms with Crippen molar-refractivity contribution in [3.63, 3.8) is 0 Å². The Balaban J connectivity index is 1.75. The summed E-state index contributed by atoms with van der Waals surface area (Å²) in [6.45, 7) is 4.56. The molecule has 1 N–H and O–H groups in total. The number of rotatable bonds is 1. The summed E-state index contributed by atoms with van der Waals surface area (Å²) >= 11 is 0. The van der Waals surface area contributed by atoms with Crippen LogP contribution in [0.3, 0.4) is 0 Å². The largest absolute Gasteiger partial charge is 0.355 e. The van der Waals surface area contributed by atoms with Gasteiger partial charge >= 0.3 is 0 Å². The van der Waals surface area contributed by atoms with Crippen LogP contribution in [0.5, 0.6) is 0 Å². The smallest absolute Gasteiger partial charge is 0.138 e. The average Bonchev–Trinajstić information content (AvgIpc) is 2.99. The first-order valence-corrected chi connectivity index (χ1v) is 6.57. The van der Waals surface area contributed by atoms with Crippen LogP contribution in [0.2, 0.25) is 0 Å². The van der Waals surface area contributed by atoms with E-state index in [1.807, 2.05) is 24.5 Å². The molecule has 0 radical (unpaired) electrons. The quantitative estimate of drug-likeness (QED) is 0.815. The minimum Gasteiger partial charge on any atom is -0.355 e. The fourth-order valence-corrected chi connectivity index (χ4v) is 3.27. The number of anilines is 1. The Morgan fingerprint density at radius 2 is 1.89 bits per heavy atom. The molecule has 4 rings (SSSR count). The first kappa shape index (κ1) is 10.3. The van der Waals surface area contributed by atoms with Gasteiger partial charge in [0.05, 0.1) is 5.52 Å². The van der Waals surface area contributed by atoms with E-state index in [2.05, 4.69) is 26.3 Å². The monoisotopic (exact) mass is 240 g/mol. The number of nitrogens with zero attached hydrogens (tertiary/aromatic N) is 3. The molecule has 2 atom stereocenters. The van der Waals surface area contributed by atoms with E-state index in [1.54, 1.807) is 0 Å². The van der Waals surface area contributed by atoms with Crippen molar-refractivity contribution in [3.8, 4) is 0 Å². The summed E-state index contributed by atoms with van der Waals surface area (Å²) in [4.78, 5) is 11.4. The van der Waals surface area contributed by atoms with Crippen molar-refractivity contribution in [2.45, 2.75) is 0 Å². The minimum atomic E-state index is 0.790. The van der Waals surface area contributed by atoms with Crippen molar-refractivity contribution >= 4 is 16.7 Å². The molecule has 2 aromatic heterocycles. The molecule has 2 saturated heterocycles. The fourth-order valence-electron chi connectivity index (χ4n) is 3.27. The highest BCUT2D eigenvalue weighted by Crippen LogP contribution is 2.32. The highest BCUT2D eigenvalue weighted by molar-refractivity contribution is 5.89. The Hall–Kier alpha value is -1.68. The number of fused-ring (bicyclic) bond motifs is 2. The van der Waals surface area contributed by atoms with Crippen LogP contribution in [-0.2, 0) is 0 Å². The first-order valence-electron chi connectivity index (χ1n) is 6.57. The third kappa shape index (κ3) is 1.49. The van der Waals surface area contributed by atoms with Gasteiger partial charge in [-0.15, -0.1) is 0 Å². The molecule has 0 amide bonds. The first-order chi connectivity index (χ1) is 8.92. The lowest BCUT2D eigenvalue weighted by molar-refractivity contribution is 0.533. The van der Waals surface area contributed by atoms with Gasteiger partial charge in [-0.3, -0.25) is 4.98 Å². The Morgan fingerprint density at radius 3 is 2.72 bits per heavy atom. The molecule has 0 aromatic carbocycles. The third-order valence-corrected chi connectivity index (χ3v) is 4.20. The maximum absolute atomic E-state index is 4.58. The van der Waals surface area contributed by atoms with E-state index >= 15 is 0 Å². The molecule has 0 spiro atoms. The molecule has 4 heterocycles. The number of aromatic nitrogens is 2. The summed E-state index contributed by atoms with van der Waals surface area (Å²) in [7, 11) is 0. The Morgan fingerprint density at radius 1 is 1.06 bits per heavy atom. The lowest BCUT2D eigenvalue weighted by atomic mass is 10.0. The molecular weight excluding hydrogens is 224 g/mol. The predicted molar refractivity (Wildman–Crippen MR) is 71.6 cm³/mol. The van der Waals surface area contributed by atoms with Crippen LogP contribution in [0.1, 0.15) is 0 Å². The molecule has 18 heavy (non-hydrogen) atoms. The van der Waals surface area contributed by atoms with Gasteiger partial charge in [-0.25, -0.2) is 4.98 Å². The van der Waals surface area contributed by atoms with Gasteiger partial charge in [0, 0.05) is 44.0 Å². The van der Waals surface area contributed by atoms with Crippen molar-refractivity contribution in [1.82, 2.24) is 15.3 Å². The van der Waals surface area contributed by atoms with Gasteiger partial charge in [-0.1, -0.05) is 0 Å². The lowest BCUT2D eigenvalue weighted by Gasteiger charge is -2.19. The maximum Gasteiger partial charge on any atom is 0.138 e. The van der Waals surface area contributed by atoms with Gasteiger partial charge < -0.3 is 10.2 Å². The van der Waals surface area contributed by atoms with Crippen LogP contribution in [0.15, 0.2) is 30.6 Å². The molecule has 2 aliphatic heterocycles. The Labute approximate surface area is 106 Å². The van der Waals surface area contributed by atoms with Crippen molar-refractivity contribution in [3.05, 3.63) is 30.6 Å². The SMILES string of the molecule is c1cnc2ccnc(N3CC4CNCC4C3)c2c1. The highest BCUT2D eigenvalue weighted by atomic mass is 15.2. The molecule has 92 valence electrons. The molecule has 2 fully saturated rings. The molecule has 2 aliphatic rings. The van der Waals surface area contributed by atoms with E-state index < -0.39 is 0 Å². The van der Waals surface area contributed by atoms with Gasteiger partial charge in [0.1, 0.15) is 5.82 Å². The summed E-state index contributed by atoms with van der Waals surface area (Å²) < 4.78 is 0. The number of nitrogens with one attached hydrogen (secondary N) is 1. The van der Waals surface area contributed by atoms with Crippen LogP contribution < -0.4 is 10.2 Å². The van der Waals surface area contributed by atoms with Crippen molar-refractivity contribution in [1.29, 1.82) is 0 Å². The zero-order valence-electron chi connectivity index (χ0n) is 10.2. The molecular formula is C14H16N4. The van der Waals surface area contributed by atoms with Gasteiger partial charge in [-0.2, -0.15) is 0 Å². The maximum atomic E-state index is 4.58. The normalized spacial score (nSPS) is 26.8. The topological polar surface area (TPSA) is 41.1 Å². The van der Waals surface area contributed by atoms with Crippen LogP contribution in [-0.4, -0.2) is 36.1 Å². The second-order valence-corrected chi connectivity index (χ2v) is 5.29. The fraction of sp³-hybridized carbons (Fsp3) is 0.429. The molecule has 2 unspecified atom stereocenters. The summed E-state index contributed by atoms with van der Waals surface area (Å²) in [6, 6.07) is 6.10. The summed E-state index contributed by atoms with van der Waals surface area (Å²) in [5.41, 5.74) is 1.04. The molecule has 0 aliphatic carbocycles. The van der Waals surface area contributed by atoms with E-state index in [-0.39, 0.29) is 0 Å². The van der Waals surface area contributed by atoms with Crippen LogP contribution in [0, 0.1) is 11.8 Å². The van der Waals surface area contributed by atoms with Crippen LogP contribution in [0.4, 0.5) is 5.82 Å². The zero-order valence-corrected chi connectivity index (χ0v) is 10.2. The predicted octanol–water partition coefficient (Wildman–Crippen LogP) is 1.29. The van der Waals surface area contributed by atoms with Gasteiger partial charge in [0.2, 0.25) is 0 Å². The zero-order chi connectivity index (χ0) is 11.9. The Kier molecular flexibility index (Phi) is 2.23. The van der Waals surface area contributed by atoms with E-state index in [9.17, 15) is 0 Å². The molecule has 2 aromatic rings. The second kappa shape index (κ2) is 3.92. The van der Waals surface area contributed by atoms with Crippen molar-refractivity contribution < 1.29 is 0 Å². The van der Waals surface area contributed by atoms with E-state index in [0.29, 0.717) is 0 Å². The van der Waals surface area contributed by atoms with E-state index in [0.717, 1.165) is 49.3 Å². The lowest BCUT2D eigenvalue weighted by Crippen LogP contribution is -2.26. The molecule has 0 bridgehead atoms. The molecule has 0 saturated carbocycles. The molecule has 4 heteroatoms. The van der Waals surface area contributed by atoms with E-state index in [4.69, 9.17) is 0 Å². The van der Waals surface area contributed by atoms with Gasteiger partial charge in [0.15, 0.2) is 0 Å². The average molecular weight is 240 g/mol. The summed E-state index contributed by atoms with van der Waals surface area (Å²) in [5.74, 6) is 2.69. The third-order valence-electron chi connectivity index (χ3n) is 4.20. The van der Waals surface area contributed by atoms with E-state index in [1.165, 1.54) is 5.39 Å².